The van der Waals surface area contributed by atoms with Gasteiger partial charge in [-0.2, -0.15) is 0 Å². The molecule has 2 N–H and O–H groups in total. The SMILES string of the molecule is O=C(N[C@H]1C=CC(C(=O)O)C1)OCC1c2ccccc2-c2ccccc21. The van der Waals surface area contributed by atoms with Crippen LogP contribution in [0.4, 0.5) is 4.79 Å². The van der Waals surface area contributed by atoms with Crippen molar-refractivity contribution in [1.29, 1.82) is 0 Å². The summed E-state index contributed by atoms with van der Waals surface area (Å²) in [5.74, 6) is -1.41. The van der Waals surface area contributed by atoms with Crippen LogP contribution in [0.15, 0.2) is 60.7 Å². The summed E-state index contributed by atoms with van der Waals surface area (Å²) in [6, 6.07) is 16.0. The number of nitrogens with one attached hydrogen (secondary N) is 1. The Hall–Kier alpha value is -3.08. The van der Waals surface area contributed by atoms with Gasteiger partial charge in [-0.05, 0) is 28.7 Å². The Morgan fingerprint density at radius 2 is 1.62 bits per heavy atom. The van der Waals surface area contributed by atoms with Crippen molar-refractivity contribution in [2.45, 2.75) is 18.4 Å². The lowest BCUT2D eigenvalue weighted by Crippen LogP contribution is -2.34. The molecular weight excluding hydrogens is 330 g/mol. The summed E-state index contributed by atoms with van der Waals surface area (Å²) in [6.07, 6.45) is 3.16. The molecule has 1 unspecified atom stereocenters. The molecule has 0 bridgehead atoms. The van der Waals surface area contributed by atoms with Crippen LogP contribution in [0, 0.1) is 5.92 Å². The van der Waals surface area contributed by atoms with Crippen LogP contribution >= 0.6 is 0 Å². The number of carbonyl (C=O) groups is 2. The quantitative estimate of drug-likeness (QED) is 0.828. The van der Waals surface area contributed by atoms with Crippen LogP contribution < -0.4 is 5.32 Å². The number of carboxylic acids is 1. The number of hydrogen-bond acceptors (Lipinski definition) is 3. The molecule has 0 saturated heterocycles. The average molecular weight is 349 g/mol. The normalized spacial score (nSPS) is 20.5. The van der Waals surface area contributed by atoms with Crippen molar-refractivity contribution in [1.82, 2.24) is 5.32 Å². The van der Waals surface area contributed by atoms with E-state index in [-0.39, 0.29) is 18.6 Å². The molecule has 0 radical (unpaired) electrons. The van der Waals surface area contributed by atoms with Crippen LogP contribution in [0.2, 0.25) is 0 Å². The van der Waals surface area contributed by atoms with E-state index in [2.05, 4.69) is 29.6 Å². The second kappa shape index (κ2) is 6.67. The minimum atomic E-state index is -0.877. The fraction of sp³-hybridized carbons (Fsp3) is 0.238. The number of benzene rings is 2. The molecule has 2 aliphatic carbocycles. The smallest absolute Gasteiger partial charge is 0.407 e. The van der Waals surface area contributed by atoms with E-state index in [1.807, 2.05) is 24.3 Å². The first-order chi connectivity index (χ1) is 12.6. The van der Waals surface area contributed by atoms with Crippen LogP contribution in [0.1, 0.15) is 23.5 Å². The first-order valence-corrected chi connectivity index (χ1v) is 8.66. The van der Waals surface area contributed by atoms with Crippen molar-refractivity contribution >= 4 is 12.1 Å². The molecule has 0 saturated carbocycles. The van der Waals surface area contributed by atoms with Gasteiger partial charge in [-0.15, -0.1) is 0 Å². The zero-order valence-electron chi connectivity index (χ0n) is 14.1. The van der Waals surface area contributed by atoms with Crippen LogP contribution in [0.5, 0.6) is 0 Å². The summed E-state index contributed by atoms with van der Waals surface area (Å²) in [7, 11) is 0. The lowest BCUT2D eigenvalue weighted by Gasteiger charge is -2.16. The molecule has 2 aromatic rings. The lowest BCUT2D eigenvalue weighted by molar-refractivity contribution is -0.140. The van der Waals surface area contributed by atoms with E-state index in [4.69, 9.17) is 9.84 Å². The molecule has 132 valence electrons. The second-order valence-corrected chi connectivity index (χ2v) is 6.64. The van der Waals surface area contributed by atoms with Gasteiger partial charge in [0.15, 0.2) is 0 Å². The van der Waals surface area contributed by atoms with Gasteiger partial charge in [-0.1, -0.05) is 60.7 Å². The Morgan fingerprint density at radius 1 is 1.00 bits per heavy atom. The highest BCUT2D eigenvalue weighted by Gasteiger charge is 2.30. The Labute approximate surface area is 151 Å². The van der Waals surface area contributed by atoms with Crippen molar-refractivity contribution in [3.05, 3.63) is 71.8 Å². The van der Waals surface area contributed by atoms with Crippen LogP contribution in [0.25, 0.3) is 11.1 Å². The number of amides is 1. The molecule has 2 aromatic carbocycles. The van der Waals surface area contributed by atoms with Gasteiger partial charge in [-0.3, -0.25) is 4.79 Å². The molecule has 2 atom stereocenters. The topological polar surface area (TPSA) is 75.6 Å². The number of aliphatic carboxylic acids is 1. The van der Waals surface area contributed by atoms with Gasteiger partial charge in [-0.25, -0.2) is 4.79 Å². The minimum absolute atomic E-state index is 0.0130. The maximum absolute atomic E-state index is 12.1. The van der Waals surface area contributed by atoms with Gasteiger partial charge in [0.05, 0.1) is 12.0 Å². The maximum Gasteiger partial charge on any atom is 0.407 e. The monoisotopic (exact) mass is 349 g/mol. The highest BCUT2D eigenvalue weighted by Crippen LogP contribution is 2.44. The lowest BCUT2D eigenvalue weighted by atomic mass is 9.98. The number of ether oxygens (including phenoxy) is 1. The average Bonchev–Trinajstić information content (AvgIpc) is 3.23. The molecule has 1 amide bonds. The number of hydrogen-bond donors (Lipinski definition) is 2. The van der Waals surface area contributed by atoms with E-state index < -0.39 is 18.0 Å². The van der Waals surface area contributed by atoms with Gasteiger partial charge in [0.1, 0.15) is 6.61 Å². The van der Waals surface area contributed by atoms with Gasteiger partial charge >= 0.3 is 12.1 Å². The summed E-state index contributed by atoms with van der Waals surface area (Å²) in [5.41, 5.74) is 4.68. The standard InChI is InChI=1S/C21H19NO4/c23-20(24)13-9-10-14(11-13)22-21(25)26-12-19-17-7-3-1-5-15(17)16-6-2-4-8-18(16)19/h1-10,13-14,19H,11-12H2,(H,22,25)(H,23,24)/t13?,14-/m0/s1. The van der Waals surface area contributed by atoms with Gasteiger partial charge in [0.25, 0.3) is 0 Å². The molecule has 0 spiro atoms. The van der Waals surface area contributed by atoms with E-state index in [1.54, 1.807) is 12.2 Å². The predicted octanol–water partition coefficient (Wildman–Crippen LogP) is 3.55. The number of alkyl carbamates (subject to hydrolysis) is 1. The third kappa shape index (κ3) is 2.96. The van der Waals surface area contributed by atoms with E-state index >= 15 is 0 Å². The highest BCUT2D eigenvalue weighted by atomic mass is 16.5. The zero-order chi connectivity index (χ0) is 18.1. The Morgan fingerprint density at radius 3 is 2.19 bits per heavy atom. The number of carboxylic acid groups (broad SMARTS) is 1. The molecule has 5 nitrogen and oxygen atoms in total. The minimum Gasteiger partial charge on any atom is -0.481 e. The Kier molecular flexibility index (Phi) is 4.21. The van der Waals surface area contributed by atoms with Crippen molar-refractivity contribution in [3.63, 3.8) is 0 Å². The summed E-state index contributed by atoms with van der Waals surface area (Å²) in [5, 5.41) is 11.7. The molecule has 0 heterocycles. The molecular formula is C21H19NO4. The fourth-order valence-electron chi connectivity index (χ4n) is 3.78. The molecule has 4 rings (SSSR count). The largest absolute Gasteiger partial charge is 0.481 e. The van der Waals surface area contributed by atoms with Gasteiger partial charge < -0.3 is 15.2 Å². The first-order valence-electron chi connectivity index (χ1n) is 8.66. The summed E-state index contributed by atoms with van der Waals surface area (Å²) in [4.78, 5) is 23.1. The van der Waals surface area contributed by atoms with Crippen molar-refractivity contribution in [2.24, 2.45) is 5.92 Å². The maximum atomic E-state index is 12.1. The van der Waals surface area contributed by atoms with Gasteiger partial charge in [0.2, 0.25) is 0 Å². The number of carbonyl (C=O) groups excluding carboxylic acids is 1. The van der Waals surface area contributed by atoms with E-state index in [0.717, 1.165) is 11.1 Å². The summed E-state index contributed by atoms with van der Waals surface area (Å²) >= 11 is 0. The van der Waals surface area contributed by atoms with E-state index in [1.165, 1.54) is 11.1 Å². The van der Waals surface area contributed by atoms with E-state index in [9.17, 15) is 9.59 Å². The molecule has 0 fully saturated rings. The molecule has 26 heavy (non-hydrogen) atoms. The summed E-state index contributed by atoms with van der Waals surface area (Å²) < 4.78 is 5.47. The molecule has 2 aliphatic rings. The van der Waals surface area contributed by atoms with E-state index in [0.29, 0.717) is 6.42 Å². The van der Waals surface area contributed by atoms with Crippen LogP contribution in [-0.4, -0.2) is 29.8 Å². The highest BCUT2D eigenvalue weighted by molar-refractivity contribution is 5.79. The zero-order valence-corrected chi connectivity index (χ0v) is 14.1. The Balaban J connectivity index is 1.41. The number of rotatable bonds is 4. The van der Waals surface area contributed by atoms with Crippen LogP contribution in [-0.2, 0) is 9.53 Å². The third-order valence-electron chi connectivity index (χ3n) is 5.05. The fourth-order valence-corrected chi connectivity index (χ4v) is 3.78. The van der Waals surface area contributed by atoms with Crippen molar-refractivity contribution in [3.8, 4) is 11.1 Å². The van der Waals surface area contributed by atoms with Gasteiger partial charge in [0, 0.05) is 5.92 Å². The van der Waals surface area contributed by atoms with Crippen molar-refractivity contribution < 1.29 is 19.4 Å². The Bertz CT molecular complexity index is 844. The molecule has 0 aromatic heterocycles. The predicted molar refractivity (Wildman–Crippen MR) is 96.9 cm³/mol. The van der Waals surface area contributed by atoms with Crippen molar-refractivity contribution in [2.75, 3.05) is 6.61 Å². The molecule has 5 heteroatoms. The third-order valence-corrected chi connectivity index (χ3v) is 5.05. The first kappa shape index (κ1) is 16.4. The molecule has 0 aliphatic heterocycles. The van der Waals surface area contributed by atoms with Crippen LogP contribution in [0.3, 0.4) is 0 Å². The second-order valence-electron chi connectivity index (χ2n) is 6.64. The number of fused-ring (bicyclic) bond motifs is 3. The summed E-state index contributed by atoms with van der Waals surface area (Å²) in [6.45, 7) is 0.249.